The molecule has 8 heteroatoms. The summed E-state index contributed by atoms with van der Waals surface area (Å²) in [5, 5.41) is 5.01. The Morgan fingerprint density at radius 3 is 2.39 bits per heavy atom. The summed E-state index contributed by atoms with van der Waals surface area (Å²) in [6, 6.07) is 12.3. The molecule has 0 unspecified atom stereocenters. The lowest BCUT2D eigenvalue weighted by atomic mass is 10.2. The van der Waals surface area contributed by atoms with Crippen molar-refractivity contribution in [2.75, 3.05) is 45.2 Å². The Morgan fingerprint density at radius 1 is 1.04 bits per heavy atom. The van der Waals surface area contributed by atoms with Gasteiger partial charge in [-0.15, -0.1) is 0 Å². The third-order valence-corrected chi connectivity index (χ3v) is 4.54. The highest BCUT2D eigenvalue weighted by Crippen LogP contribution is 2.14. The van der Waals surface area contributed by atoms with Crippen molar-refractivity contribution in [3.63, 3.8) is 0 Å². The largest absolute Gasteiger partial charge is 0.497 e. The molecule has 0 atom stereocenters. The van der Waals surface area contributed by atoms with E-state index in [0.717, 1.165) is 38.4 Å². The quantitative estimate of drug-likeness (QED) is 0.787. The maximum Gasteiger partial charge on any atom is 0.325 e. The molecule has 0 radical (unpaired) electrons. The average Bonchev–Trinajstić information content (AvgIpc) is 2.70. The summed E-state index contributed by atoms with van der Waals surface area (Å²) in [7, 11) is 1.58. The van der Waals surface area contributed by atoms with Gasteiger partial charge in [-0.3, -0.25) is 24.9 Å². The average molecular weight is 383 g/mol. The van der Waals surface area contributed by atoms with E-state index in [2.05, 4.69) is 20.5 Å². The van der Waals surface area contributed by atoms with Crippen molar-refractivity contribution in [1.29, 1.82) is 0 Å². The van der Waals surface area contributed by atoms with Crippen LogP contribution < -0.4 is 15.4 Å². The summed E-state index contributed by atoms with van der Waals surface area (Å²) in [4.78, 5) is 32.8. The molecule has 28 heavy (non-hydrogen) atoms. The minimum absolute atomic E-state index is 0.202. The van der Waals surface area contributed by atoms with Gasteiger partial charge >= 0.3 is 6.03 Å². The predicted octanol–water partition coefficient (Wildman–Crippen LogP) is 1.56. The number of nitrogens with one attached hydrogen (secondary N) is 2. The molecule has 1 aromatic heterocycles. The van der Waals surface area contributed by atoms with E-state index >= 15 is 0 Å². The number of imide groups is 1. The molecular formula is C20H25N5O3. The molecule has 1 aliphatic rings. The smallest absolute Gasteiger partial charge is 0.325 e. The maximum atomic E-state index is 12.1. The summed E-state index contributed by atoms with van der Waals surface area (Å²) in [6.07, 6.45) is 1.80. The number of aromatic nitrogens is 1. The first-order chi connectivity index (χ1) is 13.6. The minimum Gasteiger partial charge on any atom is -0.497 e. The van der Waals surface area contributed by atoms with Crippen molar-refractivity contribution in [2.24, 2.45) is 0 Å². The molecule has 2 N–H and O–H groups in total. The standard InChI is InChI=1S/C20H25N5O3/c1-28-18-7-5-16(6-8-18)22-20(27)23-19(26)15-25-12-10-24(11-13-25)14-17-4-2-3-9-21-17/h2-9H,10-15H2,1H3,(H2,22,23,26,27). The number of ether oxygens (including phenoxy) is 1. The monoisotopic (exact) mass is 383 g/mol. The van der Waals surface area contributed by atoms with Gasteiger partial charge in [-0.05, 0) is 36.4 Å². The molecule has 0 aliphatic carbocycles. The summed E-state index contributed by atoms with van der Waals surface area (Å²) in [5.74, 6) is 0.383. The summed E-state index contributed by atoms with van der Waals surface area (Å²) in [6.45, 7) is 4.29. The topological polar surface area (TPSA) is 86.8 Å². The highest BCUT2D eigenvalue weighted by molar-refractivity contribution is 6.01. The molecule has 1 aromatic carbocycles. The van der Waals surface area contributed by atoms with Crippen LogP contribution in [0.5, 0.6) is 5.75 Å². The number of carbonyl (C=O) groups excluding carboxylic acids is 2. The lowest BCUT2D eigenvalue weighted by Crippen LogP contribution is -2.50. The van der Waals surface area contributed by atoms with Gasteiger partial charge in [0.15, 0.2) is 0 Å². The molecule has 3 rings (SSSR count). The van der Waals surface area contributed by atoms with Crippen LogP contribution in [0.3, 0.4) is 0 Å². The van der Waals surface area contributed by atoms with Crippen LogP contribution in [-0.2, 0) is 11.3 Å². The van der Waals surface area contributed by atoms with Crippen LogP contribution in [0.1, 0.15) is 5.69 Å². The van der Waals surface area contributed by atoms with E-state index in [1.165, 1.54) is 0 Å². The zero-order valence-corrected chi connectivity index (χ0v) is 15.9. The van der Waals surface area contributed by atoms with Crippen LogP contribution >= 0.6 is 0 Å². The van der Waals surface area contributed by atoms with Crippen molar-refractivity contribution in [1.82, 2.24) is 20.1 Å². The number of hydrogen-bond acceptors (Lipinski definition) is 6. The van der Waals surface area contributed by atoms with Crippen molar-refractivity contribution >= 4 is 17.6 Å². The van der Waals surface area contributed by atoms with Crippen LogP contribution in [0.15, 0.2) is 48.7 Å². The number of piperazine rings is 1. The van der Waals surface area contributed by atoms with Crippen LogP contribution in [-0.4, -0.2) is 66.6 Å². The fourth-order valence-corrected chi connectivity index (χ4v) is 3.03. The number of urea groups is 1. The molecule has 148 valence electrons. The van der Waals surface area contributed by atoms with Crippen LogP contribution in [0.25, 0.3) is 0 Å². The minimum atomic E-state index is -0.538. The van der Waals surface area contributed by atoms with Gasteiger partial charge in [0.05, 0.1) is 19.3 Å². The van der Waals surface area contributed by atoms with Crippen molar-refractivity contribution in [3.8, 4) is 5.75 Å². The van der Waals surface area contributed by atoms with Gasteiger partial charge in [0, 0.05) is 44.6 Å². The van der Waals surface area contributed by atoms with Gasteiger partial charge in [-0.25, -0.2) is 4.79 Å². The van der Waals surface area contributed by atoms with Gasteiger partial charge < -0.3 is 10.1 Å². The molecule has 8 nitrogen and oxygen atoms in total. The molecule has 1 fully saturated rings. The van der Waals surface area contributed by atoms with Crippen LogP contribution in [0, 0.1) is 0 Å². The van der Waals surface area contributed by atoms with Gasteiger partial charge in [0.25, 0.3) is 0 Å². The molecular weight excluding hydrogens is 358 g/mol. The molecule has 1 saturated heterocycles. The molecule has 0 bridgehead atoms. The van der Waals surface area contributed by atoms with E-state index in [0.29, 0.717) is 11.4 Å². The van der Waals surface area contributed by atoms with E-state index in [4.69, 9.17) is 4.74 Å². The maximum absolute atomic E-state index is 12.1. The zero-order valence-electron chi connectivity index (χ0n) is 15.9. The van der Waals surface area contributed by atoms with Gasteiger partial charge in [-0.2, -0.15) is 0 Å². The van der Waals surface area contributed by atoms with Crippen molar-refractivity contribution in [2.45, 2.75) is 6.54 Å². The number of hydrogen-bond donors (Lipinski definition) is 2. The highest BCUT2D eigenvalue weighted by Gasteiger charge is 2.20. The summed E-state index contributed by atoms with van der Waals surface area (Å²) in [5.41, 5.74) is 1.64. The van der Waals surface area contributed by atoms with E-state index in [1.807, 2.05) is 23.1 Å². The summed E-state index contributed by atoms with van der Waals surface area (Å²) < 4.78 is 5.07. The van der Waals surface area contributed by atoms with E-state index in [-0.39, 0.29) is 12.5 Å². The Balaban J connectivity index is 1.37. The van der Waals surface area contributed by atoms with Crippen molar-refractivity contribution in [3.05, 3.63) is 54.4 Å². The Morgan fingerprint density at radius 2 is 1.75 bits per heavy atom. The third-order valence-electron chi connectivity index (χ3n) is 4.54. The Kier molecular flexibility index (Phi) is 6.94. The molecule has 0 saturated carbocycles. The number of carbonyl (C=O) groups is 2. The first kappa shape index (κ1) is 19.8. The second-order valence-corrected chi connectivity index (χ2v) is 6.60. The summed E-state index contributed by atoms with van der Waals surface area (Å²) >= 11 is 0. The second-order valence-electron chi connectivity index (χ2n) is 6.60. The number of amides is 3. The van der Waals surface area contributed by atoms with Gasteiger partial charge in [-0.1, -0.05) is 6.07 Å². The Labute approximate surface area is 164 Å². The fraction of sp³-hybridized carbons (Fsp3) is 0.350. The third kappa shape index (κ3) is 6.04. The lowest BCUT2D eigenvalue weighted by Gasteiger charge is -2.33. The normalized spacial score (nSPS) is 15.0. The second kappa shape index (κ2) is 9.82. The molecule has 0 spiro atoms. The number of benzene rings is 1. The number of pyridine rings is 1. The molecule has 2 heterocycles. The fourth-order valence-electron chi connectivity index (χ4n) is 3.03. The van der Waals surface area contributed by atoms with E-state index < -0.39 is 6.03 Å². The highest BCUT2D eigenvalue weighted by atomic mass is 16.5. The SMILES string of the molecule is COc1ccc(NC(=O)NC(=O)CN2CCN(Cc3ccccn3)CC2)cc1. The first-order valence-electron chi connectivity index (χ1n) is 9.22. The Hall–Kier alpha value is -2.97. The van der Waals surface area contributed by atoms with Gasteiger partial charge in [0.2, 0.25) is 5.91 Å². The Bertz CT molecular complexity index is 774. The number of nitrogens with zero attached hydrogens (tertiary/aromatic N) is 3. The van der Waals surface area contributed by atoms with Crippen LogP contribution in [0.2, 0.25) is 0 Å². The van der Waals surface area contributed by atoms with E-state index in [1.54, 1.807) is 37.6 Å². The molecule has 2 aromatic rings. The lowest BCUT2D eigenvalue weighted by molar-refractivity contribution is -0.121. The predicted molar refractivity (Wildman–Crippen MR) is 106 cm³/mol. The molecule has 1 aliphatic heterocycles. The first-order valence-corrected chi connectivity index (χ1v) is 9.22. The zero-order chi connectivity index (χ0) is 19.8. The van der Waals surface area contributed by atoms with Gasteiger partial charge in [0.1, 0.15) is 5.75 Å². The van der Waals surface area contributed by atoms with Crippen molar-refractivity contribution < 1.29 is 14.3 Å². The van der Waals surface area contributed by atoms with E-state index in [9.17, 15) is 9.59 Å². The molecule has 3 amide bonds. The van der Waals surface area contributed by atoms with Crippen LogP contribution in [0.4, 0.5) is 10.5 Å². The number of rotatable bonds is 6. The number of methoxy groups -OCH3 is 1. The number of anilines is 1.